The topological polar surface area (TPSA) is 29.9 Å². The molecule has 0 aliphatic carbocycles. The van der Waals surface area contributed by atoms with Gasteiger partial charge in [-0.25, -0.2) is 4.98 Å². The van der Waals surface area contributed by atoms with E-state index in [1.807, 2.05) is 31.6 Å². The number of para-hydroxylation sites is 2. The first-order valence-electron chi connectivity index (χ1n) is 6.15. The van der Waals surface area contributed by atoms with Crippen LogP contribution in [0.25, 0.3) is 16.7 Å². The maximum Gasteiger partial charge on any atom is 0.100 e. The Morgan fingerprint density at radius 1 is 1.21 bits per heavy atom. The maximum absolute atomic E-state index is 4.45. The Kier molecular flexibility index (Phi) is 3.36. The first-order valence-corrected chi connectivity index (χ1v) is 6.94. The second-order valence-corrected chi connectivity index (χ2v) is 5.32. The number of imidazole rings is 1. The van der Waals surface area contributed by atoms with Gasteiger partial charge in [0.2, 0.25) is 0 Å². The van der Waals surface area contributed by atoms with Gasteiger partial charge in [-0.1, -0.05) is 34.1 Å². The Bertz CT molecular complexity index is 718. The summed E-state index contributed by atoms with van der Waals surface area (Å²) in [6.45, 7) is 0.828. The Hall–Kier alpha value is -1.65. The largest absolute Gasteiger partial charge is 0.316 e. The number of aromatic nitrogens is 2. The van der Waals surface area contributed by atoms with Crippen LogP contribution in [0.15, 0.2) is 53.3 Å². The molecule has 0 amide bonds. The molecular formula is C15H14BrN3. The predicted molar refractivity (Wildman–Crippen MR) is 81.5 cm³/mol. The highest BCUT2D eigenvalue weighted by atomic mass is 79.9. The van der Waals surface area contributed by atoms with E-state index >= 15 is 0 Å². The molecule has 0 radical (unpaired) electrons. The second kappa shape index (κ2) is 5.15. The SMILES string of the molecule is CNCc1ccc(Br)cc1-n1cnc2ccccc21. The summed E-state index contributed by atoms with van der Waals surface area (Å²) in [7, 11) is 1.96. The van der Waals surface area contributed by atoms with Gasteiger partial charge in [0.25, 0.3) is 0 Å². The van der Waals surface area contributed by atoms with Crippen LogP contribution in [0.2, 0.25) is 0 Å². The molecule has 0 fully saturated rings. The van der Waals surface area contributed by atoms with Gasteiger partial charge in [0, 0.05) is 11.0 Å². The van der Waals surface area contributed by atoms with Gasteiger partial charge in [-0.3, -0.25) is 4.57 Å². The van der Waals surface area contributed by atoms with E-state index < -0.39 is 0 Å². The number of hydrogen-bond donors (Lipinski definition) is 1. The molecule has 1 N–H and O–H groups in total. The molecule has 2 aromatic carbocycles. The molecule has 96 valence electrons. The molecule has 0 saturated carbocycles. The number of hydrogen-bond acceptors (Lipinski definition) is 2. The van der Waals surface area contributed by atoms with E-state index in [9.17, 15) is 0 Å². The van der Waals surface area contributed by atoms with Crippen LogP contribution < -0.4 is 5.32 Å². The minimum atomic E-state index is 0.828. The molecule has 0 spiro atoms. The Morgan fingerprint density at radius 2 is 2.05 bits per heavy atom. The highest BCUT2D eigenvalue weighted by Crippen LogP contribution is 2.24. The van der Waals surface area contributed by atoms with Gasteiger partial charge in [-0.05, 0) is 36.9 Å². The summed E-state index contributed by atoms with van der Waals surface area (Å²) in [5.41, 5.74) is 4.53. The van der Waals surface area contributed by atoms with E-state index in [0.29, 0.717) is 0 Å². The second-order valence-electron chi connectivity index (χ2n) is 4.41. The summed E-state index contributed by atoms with van der Waals surface area (Å²) >= 11 is 3.54. The molecule has 0 saturated heterocycles. The molecule has 0 bridgehead atoms. The lowest BCUT2D eigenvalue weighted by Crippen LogP contribution is -2.08. The molecule has 1 aromatic heterocycles. The van der Waals surface area contributed by atoms with Crippen LogP contribution in [0.1, 0.15) is 5.56 Å². The molecule has 4 heteroatoms. The minimum Gasteiger partial charge on any atom is -0.316 e. The van der Waals surface area contributed by atoms with Crippen molar-refractivity contribution >= 4 is 27.0 Å². The monoisotopic (exact) mass is 315 g/mol. The summed E-state index contributed by atoms with van der Waals surface area (Å²) in [4.78, 5) is 4.45. The molecule has 3 aromatic rings. The third kappa shape index (κ3) is 2.29. The van der Waals surface area contributed by atoms with Crippen LogP contribution in [0.4, 0.5) is 0 Å². The van der Waals surface area contributed by atoms with Gasteiger partial charge in [0.15, 0.2) is 0 Å². The van der Waals surface area contributed by atoms with Crippen molar-refractivity contribution in [2.24, 2.45) is 0 Å². The van der Waals surface area contributed by atoms with E-state index in [1.165, 1.54) is 5.56 Å². The van der Waals surface area contributed by atoms with Crippen LogP contribution in [0, 0.1) is 0 Å². The van der Waals surface area contributed by atoms with Crippen molar-refractivity contribution in [3.63, 3.8) is 0 Å². The fourth-order valence-corrected chi connectivity index (χ4v) is 2.60. The third-order valence-corrected chi connectivity index (χ3v) is 3.62. The highest BCUT2D eigenvalue weighted by Gasteiger charge is 2.08. The fourth-order valence-electron chi connectivity index (χ4n) is 2.25. The molecule has 0 unspecified atom stereocenters. The van der Waals surface area contributed by atoms with Crippen molar-refractivity contribution in [1.29, 1.82) is 0 Å². The summed E-state index contributed by atoms with van der Waals surface area (Å²) in [5.74, 6) is 0. The van der Waals surface area contributed by atoms with Gasteiger partial charge >= 0.3 is 0 Å². The number of rotatable bonds is 3. The van der Waals surface area contributed by atoms with Crippen molar-refractivity contribution in [2.75, 3.05) is 7.05 Å². The molecule has 19 heavy (non-hydrogen) atoms. The van der Waals surface area contributed by atoms with Crippen LogP contribution in [-0.2, 0) is 6.54 Å². The van der Waals surface area contributed by atoms with Crippen molar-refractivity contribution in [3.05, 3.63) is 58.8 Å². The van der Waals surface area contributed by atoms with Crippen molar-refractivity contribution < 1.29 is 0 Å². The lowest BCUT2D eigenvalue weighted by molar-refractivity contribution is 0.809. The van der Waals surface area contributed by atoms with Crippen molar-refractivity contribution in [2.45, 2.75) is 6.54 Å². The molecule has 0 aliphatic heterocycles. The van der Waals surface area contributed by atoms with Crippen molar-refractivity contribution in [3.8, 4) is 5.69 Å². The predicted octanol–water partition coefficient (Wildman–Crippen LogP) is 3.51. The first kappa shape index (κ1) is 12.4. The van der Waals surface area contributed by atoms with Gasteiger partial charge in [-0.15, -0.1) is 0 Å². The summed E-state index contributed by atoms with van der Waals surface area (Å²) < 4.78 is 3.20. The number of fused-ring (bicyclic) bond motifs is 1. The van der Waals surface area contributed by atoms with E-state index in [1.54, 1.807) is 0 Å². The van der Waals surface area contributed by atoms with Gasteiger partial charge in [0.1, 0.15) is 6.33 Å². The van der Waals surface area contributed by atoms with Crippen LogP contribution >= 0.6 is 15.9 Å². The van der Waals surface area contributed by atoms with E-state index in [2.05, 4.69) is 55.1 Å². The smallest absolute Gasteiger partial charge is 0.100 e. The van der Waals surface area contributed by atoms with E-state index in [0.717, 1.165) is 27.7 Å². The summed E-state index contributed by atoms with van der Waals surface area (Å²) in [5, 5.41) is 3.20. The highest BCUT2D eigenvalue weighted by molar-refractivity contribution is 9.10. The van der Waals surface area contributed by atoms with Crippen LogP contribution in [-0.4, -0.2) is 16.6 Å². The minimum absolute atomic E-state index is 0.828. The van der Waals surface area contributed by atoms with Crippen LogP contribution in [0.3, 0.4) is 0 Å². The first-order chi connectivity index (χ1) is 9.29. The number of nitrogens with one attached hydrogen (secondary N) is 1. The molecular weight excluding hydrogens is 302 g/mol. The van der Waals surface area contributed by atoms with Gasteiger partial charge in [0.05, 0.1) is 16.7 Å². The lowest BCUT2D eigenvalue weighted by atomic mass is 10.1. The Labute approximate surface area is 120 Å². The number of halogens is 1. The number of benzene rings is 2. The van der Waals surface area contributed by atoms with Gasteiger partial charge < -0.3 is 5.32 Å². The van der Waals surface area contributed by atoms with Crippen LogP contribution in [0.5, 0.6) is 0 Å². The fraction of sp³-hybridized carbons (Fsp3) is 0.133. The van der Waals surface area contributed by atoms with Crippen molar-refractivity contribution in [1.82, 2.24) is 14.9 Å². The lowest BCUT2D eigenvalue weighted by Gasteiger charge is -2.11. The molecule has 3 nitrogen and oxygen atoms in total. The molecule has 0 atom stereocenters. The van der Waals surface area contributed by atoms with Gasteiger partial charge in [-0.2, -0.15) is 0 Å². The zero-order valence-electron chi connectivity index (χ0n) is 10.6. The summed E-state index contributed by atoms with van der Waals surface area (Å²) in [6, 6.07) is 14.5. The standard InChI is InChI=1S/C15H14BrN3/c1-17-9-11-6-7-12(16)8-15(11)19-10-18-13-4-2-3-5-14(13)19/h2-8,10,17H,9H2,1H3. The maximum atomic E-state index is 4.45. The average Bonchev–Trinajstić information content (AvgIpc) is 2.85. The average molecular weight is 316 g/mol. The quantitative estimate of drug-likeness (QED) is 0.801. The van der Waals surface area contributed by atoms with E-state index in [-0.39, 0.29) is 0 Å². The molecule has 1 heterocycles. The zero-order valence-corrected chi connectivity index (χ0v) is 12.2. The number of nitrogens with zero attached hydrogens (tertiary/aromatic N) is 2. The Balaban J connectivity index is 2.23. The normalized spacial score (nSPS) is 11.1. The molecule has 3 rings (SSSR count). The summed E-state index contributed by atoms with van der Waals surface area (Å²) in [6.07, 6.45) is 1.88. The molecule has 0 aliphatic rings. The van der Waals surface area contributed by atoms with E-state index in [4.69, 9.17) is 0 Å². The Morgan fingerprint density at radius 3 is 2.89 bits per heavy atom. The zero-order chi connectivity index (χ0) is 13.2. The third-order valence-electron chi connectivity index (χ3n) is 3.13.